The number of hydrogen-bond donors (Lipinski definition) is 2. The Morgan fingerprint density at radius 1 is 0.960 bits per heavy atom. The van der Waals surface area contributed by atoms with Crippen LogP contribution in [-0.4, -0.2) is 23.3 Å². The molecule has 6 heteroatoms. The maximum absolute atomic E-state index is 11.9. The minimum atomic E-state index is -0.162. The first-order valence-electron chi connectivity index (χ1n) is 8.00. The summed E-state index contributed by atoms with van der Waals surface area (Å²) < 4.78 is 0. The van der Waals surface area contributed by atoms with Gasteiger partial charge >= 0.3 is 0 Å². The maximum atomic E-state index is 11.9. The summed E-state index contributed by atoms with van der Waals surface area (Å²) in [6.45, 7) is 3.98. The fourth-order valence-electron chi connectivity index (χ4n) is 2.12. The Balaban J connectivity index is 1.72. The molecule has 2 amide bonds. The molecular formula is C19H21ClN2O2S. The molecule has 132 valence electrons. The lowest BCUT2D eigenvalue weighted by molar-refractivity contribution is -0.114. The maximum Gasteiger partial charge on any atom is 0.234 e. The highest BCUT2D eigenvalue weighted by molar-refractivity contribution is 8.00. The third-order valence-corrected chi connectivity index (χ3v) is 4.91. The average Bonchev–Trinajstić information content (AvgIpc) is 2.59. The zero-order chi connectivity index (χ0) is 18.2. The number of carbonyl (C=O) groups is 2. The molecule has 0 aliphatic carbocycles. The van der Waals surface area contributed by atoms with Gasteiger partial charge in [-0.05, 0) is 48.7 Å². The number of aryl methyl sites for hydroxylation is 2. The fourth-order valence-corrected chi connectivity index (χ4v) is 2.92. The van der Waals surface area contributed by atoms with Crippen molar-refractivity contribution in [1.29, 1.82) is 0 Å². The van der Waals surface area contributed by atoms with Crippen molar-refractivity contribution < 1.29 is 9.59 Å². The second-order valence-corrected chi connectivity index (χ2v) is 7.00. The smallest absolute Gasteiger partial charge is 0.234 e. The van der Waals surface area contributed by atoms with E-state index in [2.05, 4.69) is 17.6 Å². The lowest BCUT2D eigenvalue weighted by atomic mass is 10.1. The Morgan fingerprint density at radius 2 is 1.52 bits per heavy atom. The van der Waals surface area contributed by atoms with Gasteiger partial charge in [0.1, 0.15) is 0 Å². The van der Waals surface area contributed by atoms with Gasteiger partial charge in [0.25, 0.3) is 0 Å². The number of carbonyl (C=O) groups excluding carboxylic acids is 2. The Bertz CT molecular complexity index is 748. The number of amides is 2. The van der Waals surface area contributed by atoms with E-state index in [1.165, 1.54) is 17.3 Å². The molecule has 0 saturated heterocycles. The summed E-state index contributed by atoms with van der Waals surface area (Å²) in [7, 11) is 0. The molecule has 0 bridgehead atoms. The van der Waals surface area contributed by atoms with Crippen molar-refractivity contribution in [2.75, 3.05) is 22.1 Å². The normalized spacial score (nSPS) is 10.4. The monoisotopic (exact) mass is 376 g/mol. The van der Waals surface area contributed by atoms with Crippen LogP contribution in [0.5, 0.6) is 0 Å². The van der Waals surface area contributed by atoms with Crippen molar-refractivity contribution in [3.05, 3.63) is 58.6 Å². The van der Waals surface area contributed by atoms with Crippen molar-refractivity contribution in [2.45, 2.75) is 20.3 Å². The third-order valence-electron chi connectivity index (χ3n) is 3.57. The molecule has 2 aromatic carbocycles. The number of anilines is 2. The van der Waals surface area contributed by atoms with Gasteiger partial charge in [-0.15, -0.1) is 11.8 Å². The molecule has 0 aliphatic heterocycles. The molecule has 2 N–H and O–H groups in total. The van der Waals surface area contributed by atoms with Gasteiger partial charge < -0.3 is 10.6 Å². The summed E-state index contributed by atoms with van der Waals surface area (Å²) >= 11 is 7.30. The van der Waals surface area contributed by atoms with Crippen LogP contribution in [-0.2, 0) is 16.0 Å². The van der Waals surface area contributed by atoms with E-state index < -0.39 is 0 Å². The molecule has 0 aromatic heterocycles. The standard InChI is InChI=1S/C19H21ClN2O2S/c1-3-14-5-8-15(9-6-14)21-18(23)11-25-12-19(24)22-16-7-4-13(2)17(20)10-16/h4-10H,3,11-12H2,1-2H3,(H,21,23)(H,22,24). The highest BCUT2D eigenvalue weighted by Gasteiger charge is 2.07. The topological polar surface area (TPSA) is 58.2 Å². The zero-order valence-electron chi connectivity index (χ0n) is 14.3. The van der Waals surface area contributed by atoms with Crippen molar-refractivity contribution in [3.63, 3.8) is 0 Å². The summed E-state index contributed by atoms with van der Waals surface area (Å²) in [5.41, 5.74) is 3.60. The number of hydrogen-bond acceptors (Lipinski definition) is 3. The van der Waals surface area contributed by atoms with E-state index in [0.29, 0.717) is 10.7 Å². The molecule has 0 fully saturated rings. The van der Waals surface area contributed by atoms with Crippen molar-refractivity contribution in [1.82, 2.24) is 0 Å². The molecule has 0 heterocycles. The number of thioether (sulfide) groups is 1. The van der Waals surface area contributed by atoms with Crippen LogP contribution < -0.4 is 10.6 Å². The SMILES string of the molecule is CCc1ccc(NC(=O)CSCC(=O)Nc2ccc(C)c(Cl)c2)cc1. The number of nitrogens with one attached hydrogen (secondary N) is 2. The van der Waals surface area contributed by atoms with E-state index in [4.69, 9.17) is 11.6 Å². The predicted octanol–water partition coefficient (Wildman–Crippen LogP) is 4.52. The summed E-state index contributed by atoms with van der Waals surface area (Å²) in [6, 6.07) is 13.1. The van der Waals surface area contributed by atoms with E-state index in [9.17, 15) is 9.59 Å². The van der Waals surface area contributed by atoms with Crippen LogP contribution in [0.25, 0.3) is 0 Å². The molecule has 0 spiro atoms. The van der Waals surface area contributed by atoms with Crippen LogP contribution in [0.15, 0.2) is 42.5 Å². The van der Waals surface area contributed by atoms with E-state index in [1.54, 1.807) is 12.1 Å². The molecule has 0 aliphatic rings. The van der Waals surface area contributed by atoms with Gasteiger partial charge in [-0.3, -0.25) is 9.59 Å². The van der Waals surface area contributed by atoms with Crippen LogP contribution in [0.4, 0.5) is 11.4 Å². The largest absolute Gasteiger partial charge is 0.325 e. The van der Waals surface area contributed by atoms with E-state index in [1.807, 2.05) is 37.3 Å². The van der Waals surface area contributed by atoms with E-state index in [0.717, 1.165) is 17.7 Å². The Labute approximate surface area is 157 Å². The molecule has 2 rings (SSSR count). The van der Waals surface area contributed by atoms with Gasteiger partial charge in [-0.2, -0.15) is 0 Å². The van der Waals surface area contributed by atoms with Gasteiger partial charge in [-0.25, -0.2) is 0 Å². The Hall–Kier alpha value is -1.98. The molecule has 0 saturated carbocycles. The lowest BCUT2D eigenvalue weighted by Gasteiger charge is -2.08. The molecule has 0 atom stereocenters. The quantitative estimate of drug-likeness (QED) is 0.746. The summed E-state index contributed by atoms with van der Waals surface area (Å²) in [4.78, 5) is 23.8. The summed E-state index contributed by atoms with van der Waals surface area (Å²) in [5.74, 6) is 0.135. The van der Waals surface area contributed by atoms with Gasteiger partial charge in [-0.1, -0.05) is 36.7 Å². The first-order chi connectivity index (χ1) is 12.0. The highest BCUT2D eigenvalue weighted by Crippen LogP contribution is 2.20. The second-order valence-electron chi connectivity index (χ2n) is 5.60. The van der Waals surface area contributed by atoms with E-state index in [-0.39, 0.29) is 23.3 Å². The van der Waals surface area contributed by atoms with Crippen LogP contribution >= 0.6 is 23.4 Å². The first-order valence-corrected chi connectivity index (χ1v) is 9.53. The van der Waals surface area contributed by atoms with Crippen LogP contribution in [0.1, 0.15) is 18.1 Å². The van der Waals surface area contributed by atoms with Crippen molar-refractivity contribution >= 4 is 46.6 Å². The number of benzene rings is 2. The van der Waals surface area contributed by atoms with Crippen molar-refractivity contribution in [3.8, 4) is 0 Å². The van der Waals surface area contributed by atoms with Gasteiger partial charge in [0.05, 0.1) is 11.5 Å². The van der Waals surface area contributed by atoms with Gasteiger partial charge in [0.15, 0.2) is 0 Å². The minimum absolute atomic E-state index is 0.125. The summed E-state index contributed by atoms with van der Waals surface area (Å²) in [5, 5.41) is 6.20. The van der Waals surface area contributed by atoms with Crippen LogP contribution in [0.3, 0.4) is 0 Å². The van der Waals surface area contributed by atoms with Gasteiger partial charge in [0.2, 0.25) is 11.8 Å². The lowest BCUT2D eigenvalue weighted by Crippen LogP contribution is -2.18. The first kappa shape index (κ1) is 19.3. The fraction of sp³-hybridized carbons (Fsp3) is 0.263. The zero-order valence-corrected chi connectivity index (χ0v) is 15.8. The summed E-state index contributed by atoms with van der Waals surface area (Å²) in [6.07, 6.45) is 0.964. The molecule has 0 unspecified atom stereocenters. The molecule has 25 heavy (non-hydrogen) atoms. The number of rotatable bonds is 7. The molecule has 0 radical (unpaired) electrons. The average molecular weight is 377 g/mol. The second kappa shape index (κ2) is 9.49. The Kier molecular flexibility index (Phi) is 7.34. The number of halogens is 1. The third kappa shape index (κ3) is 6.44. The predicted molar refractivity (Wildman–Crippen MR) is 107 cm³/mol. The van der Waals surface area contributed by atoms with Crippen molar-refractivity contribution in [2.24, 2.45) is 0 Å². The highest BCUT2D eigenvalue weighted by atomic mass is 35.5. The minimum Gasteiger partial charge on any atom is -0.325 e. The molecular weight excluding hydrogens is 356 g/mol. The molecule has 4 nitrogen and oxygen atoms in total. The van der Waals surface area contributed by atoms with Crippen LogP contribution in [0.2, 0.25) is 5.02 Å². The van der Waals surface area contributed by atoms with E-state index >= 15 is 0 Å². The Morgan fingerprint density at radius 3 is 2.08 bits per heavy atom. The van der Waals surface area contributed by atoms with Crippen LogP contribution in [0, 0.1) is 6.92 Å². The molecule has 2 aromatic rings. The van der Waals surface area contributed by atoms with Gasteiger partial charge in [0, 0.05) is 16.4 Å².